The van der Waals surface area contributed by atoms with Crippen LogP contribution in [-0.4, -0.2) is 12.5 Å². The van der Waals surface area contributed by atoms with Gasteiger partial charge in [-0.25, -0.2) is 0 Å². The Morgan fingerprint density at radius 2 is 1.26 bits per heavy atom. The Kier molecular flexibility index (Phi) is 8.65. The number of rotatable bonds is 11. The average Bonchev–Trinajstić information content (AvgIpc) is 2.61. The van der Waals surface area contributed by atoms with E-state index in [4.69, 9.17) is 16.3 Å². The predicted octanol–water partition coefficient (Wildman–Crippen LogP) is 6.70. The Hall–Kier alpha value is -1.47. The van der Waals surface area contributed by atoms with E-state index in [-0.39, 0.29) is 0 Å². The lowest BCUT2D eigenvalue weighted by Gasteiger charge is -2.11. The lowest BCUT2D eigenvalue weighted by molar-refractivity contribution is 0.305. The summed E-state index contributed by atoms with van der Waals surface area (Å²) in [4.78, 5) is 0. The molecule has 0 saturated heterocycles. The van der Waals surface area contributed by atoms with Crippen molar-refractivity contribution in [2.45, 2.75) is 44.9 Å². The first-order chi connectivity index (χ1) is 11.4. The highest BCUT2D eigenvalue weighted by Gasteiger charge is 2.04. The fourth-order valence-electron chi connectivity index (χ4n) is 2.71. The van der Waals surface area contributed by atoms with E-state index in [1.807, 2.05) is 12.1 Å². The van der Waals surface area contributed by atoms with E-state index >= 15 is 0 Å². The number of halogens is 1. The van der Waals surface area contributed by atoms with Crippen LogP contribution >= 0.6 is 11.6 Å². The monoisotopic (exact) mass is 330 g/mol. The van der Waals surface area contributed by atoms with Crippen LogP contribution in [0.4, 0.5) is 0 Å². The van der Waals surface area contributed by atoms with Gasteiger partial charge in [-0.05, 0) is 24.5 Å². The Bertz CT molecular complexity index is 539. The summed E-state index contributed by atoms with van der Waals surface area (Å²) in [5.74, 6) is 1.79. The minimum absolute atomic E-state index is 0.797. The Morgan fingerprint density at radius 3 is 2.00 bits per heavy atom. The van der Waals surface area contributed by atoms with Crippen LogP contribution < -0.4 is 4.74 Å². The zero-order chi connectivity index (χ0) is 16.2. The van der Waals surface area contributed by atoms with Crippen LogP contribution in [0.15, 0.2) is 54.6 Å². The van der Waals surface area contributed by atoms with Crippen molar-refractivity contribution in [1.82, 2.24) is 0 Å². The molecule has 2 aromatic rings. The summed E-state index contributed by atoms with van der Waals surface area (Å²) in [6, 6.07) is 18.7. The van der Waals surface area contributed by atoms with Gasteiger partial charge in [0.15, 0.2) is 0 Å². The molecule has 2 aromatic carbocycles. The van der Waals surface area contributed by atoms with Gasteiger partial charge >= 0.3 is 0 Å². The second-order valence-electron chi connectivity index (χ2n) is 5.87. The summed E-state index contributed by atoms with van der Waals surface area (Å²) in [6.07, 6.45) is 8.71. The molecule has 0 N–H and O–H groups in total. The molecule has 1 nitrogen and oxygen atoms in total. The fraction of sp³-hybridized carbons (Fsp3) is 0.429. The third-order valence-electron chi connectivity index (χ3n) is 4.01. The van der Waals surface area contributed by atoms with Gasteiger partial charge in [0.25, 0.3) is 0 Å². The molecule has 23 heavy (non-hydrogen) atoms. The van der Waals surface area contributed by atoms with Crippen molar-refractivity contribution < 1.29 is 4.74 Å². The molecule has 124 valence electrons. The van der Waals surface area contributed by atoms with Crippen LogP contribution in [0.5, 0.6) is 5.75 Å². The van der Waals surface area contributed by atoms with E-state index in [2.05, 4.69) is 42.5 Å². The maximum absolute atomic E-state index is 6.02. The molecule has 0 saturated carbocycles. The largest absolute Gasteiger partial charge is 0.493 e. The molecule has 0 aliphatic carbocycles. The molecule has 0 aromatic heterocycles. The number of para-hydroxylation sites is 1. The molecule has 0 aliphatic rings. The summed E-state index contributed by atoms with van der Waals surface area (Å²) in [6.45, 7) is 0.797. The van der Waals surface area contributed by atoms with Crippen LogP contribution in [0, 0.1) is 0 Å². The smallest absolute Gasteiger partial charge is 0.127 e. The van der Waals surface area contributed by atoms with Crippen molar-refractivity contribution in [1.29, 1.82) is 0 Å². The summed E-state index contributed by atoms with van der Waals surface area (Å²) in [7, 11) is 0. The molecule has 2 heteroatoms. The molecular formula is C21H27ClO. The zero-order valence-corrected chi connectivity index (χ0v) is 14.6. The Balaban J connectivity index is 1.70. The van der Waals surface area contributed by atoms with Gasteiger partial charge in [-0.1, -0.05) is 80.6 Å². The van der Waals surface area contributed by atoms with Gasteiger partial charge in [-0.2, -0.15) is 0 Å². The molecule has 0 spiro atoms. The zero-order valence-electron chi connectivity index (χ0n) is 13.8. The minimum Gasteiger partial charge on any atom is -0.493 e. The summed E-state index contributed by atoms with van der Waals surface area (Å²) in [5.41, 5.74) is 2.39. The summed E-state index contributed by atoms with van der Waals surface area (Å²) < 4.78 is 6.02. The summed E-state index contributed by atoms with van der Waals surface area (Å²) in [5, 5.41) is 0. The maximum atomic E-state index is 6.02. The first kappa shape index (κ1) is 17.9. The highest BCUT2D eigenvalue weighted by atomic mass is 35.5. The van der Waals surface area contributed by atoms with Gasteiger partial charge < -0.3 is 4.74 Å². The SMILES string of the molecule is ClCCCCCCCCCOc1ccccc1-c1ccccc1. The average molecular weight is 331 g/mol. The summed E-state index contributed by atoms with van der Waals surface area (Å²) >= 11 is 5.68. The molecular weight excluding hydrogens is 304 g/mol. The molecule has 0 amide bonds. The third kappa shape index (κ3) is 6.66. The normalized spacial score (nSPS) is 10.7. The Labute approximate surface area is 145 Å². The van der Waals surface area contributed by atoms with Crippen LogP contribution in [-0.2, 0) is 0 Å². The van der Waals surface area contributed by atoms with E-state index in [0.717, 1.165) is 31.1 Å². The third-order valence-corrected chi connectivity index (χ3v) is 4.27. The van der Waals surface area contributed by atoms with Crippen molar-refractivity contribution in [3.8, 4) is 16.9 Å². The predicted molar refractivity (Wildman–Crippen MR) is 100 cm³/mol. The molecule has 0 radical (unpaired) electrons. The molecule has 0 bridgehead atoms. The number of ether oxygens (including phenoxy) is 1. The second-order valence-corrected chi connectivity index (χ2v) is 6.25. The van der Waals surface area contributed by atoms with Crippen molar-refractivity contribution in [3.63, 3.8) is 0 Å². The first-order valence-electron chi connectivity index (χ1n) is 8.75. The first-order valence-corrected chi connectivity index (χ1v) is 9.28. The van der Waals surface area contributed by atoms with E-state index in [1.54, 1.807) is 0 Å². The maximum Gasteiger partial charge on any atom is 0.127 e. The van der Waals surface area contributed by atoms with Gasteiger partial charge in [-0.15, -0.1) is 11.6 Å². The second kappa shape index (κ2) is 11.1. The van der Waals surface area contributed by atoms with Crippen LogP contribution in [0.2, 0.25) is 0 Å². The molecule has 0 aliphatic heterocycles. The Morgan fingerprint density at radius 1 is 0.652 bits per heavy atom. The molecule has 0 atom stereocenters. The van der Waals surface area contributed by atoms with Crippen molar-refractivity contribution >= 4 is 11.6 Å². The minimum atomic E-state index is 0.797. The number of unbranched alkanes of at least 4 members (excludes halogenated alkanes) is 6. The lowest BCUT2D eigenvalue weighted by atomic mass is 10.0. The van der Waals surface area contributed by atoms with E-state index in [0.29, 0.717) is 0 Å². The van der Waals surface area contributed by atoms with Crippen molar-refractivity contribution in [2.24, 2.45) is 0 Å². The molecule has 0 heterocycles. The van der Waals surface area contributed by atoms with Gasteiger partial charge in [0.1, 0.15) is 5.75 Å². The van der Waals surface area contributed by atoms with Gasteiger partial charge in [0.05, 0.1) is 6.61 Å². The van der Waals surface area contributed by atoms with E-state index < -0.39 is 0 Å². The highest BCUT2D eigenvalue weighted by molar-refractivity contribution is 6.17. The van der Waals surface area contributed by atoms with Crippen molar-refractivity contribution in [3.05, 3.63) is 54.6 Å². The van der Waals surface area contributed by atoms with Crippen molar-refractivity contribution in [2.75, 3.05) is 12.5 Å². The lowest BCUT2D eigenvalue weighted by Crippen LogP contribution is -1.98. The number of hydrogen-bond donors (Lipinski definition) is 0. The quantitative estimate of drug-likeness (QED) is 0.329. The van der Waals surface area contributed by atoms with E-state index in [1.165, 1.54) is 43.2 Å². The number of alkyl halides is 1. The fourth-order valence-corrected chi connectivity index (χ4v) is 2.90. The molecule has 2 rings (SSSR count). The van der Waals surface area contributed by atoms with Gasteiger partial charge in [0.2, 0.25) is 0 Å². The standard InChI is InChI=1S/C21H27ClO/c22-17-11-4-2-1-3-5-12-18-23-21-16-10-9-15-20(21)19-13-7-6-8-14-19/h6-10,13-16H,1-5,11-12,17-18H2. The van der Waals surface area contributed by atoms with E-state index in [9.17, 15) is 0 Å². The number of benzene rings is 2. The molecule has 0 unspecified atom stereocenters. The highest BCUT2D eigenvalue weighted by Crippen LogP contribution is 2.29. The van der Waals surface area contributed by atoms with Gasteiger partial charge in [-0.3, -0.25) is 0 Å². The topological polar surface area (TPSA) is 9.23 Å². The van der Waals surface area contributed by atoms with Gasteiger partial charge in [0, 0.05) is 11.4 Å². The van der Waals surface area contributed by atoms with Crippen LogP contribution in [0.3, 0.4) is 0 Å². The molecule has 0 fully saturated rings. The van der Waals surface area contributed by atoms with Crippen LogP contribution in [0.25, 0.3) is 11.1 Å². The number of hydrogen-bond acceptors (Lipinski definition) is 1. The van der Waals surface area contributed by atoms with Crippen LogP contribution in [0.1, 0.15) is 44.9 Å².